The van der Waals surface area contributed by atoms with Gasteiger partial charge in [-0.05, 0) is 57.4 Å². The fourth-order valence-corrected chi connectivity index (χ4v) is 2.27. The van der Waals surface area contributed by atoms with E-state index in [4.69, 9.17) is 9.47 Å². The van der Waals surface area contributed by atoms with Crippen molar-refractivity contribution in [3.8, 4) is 5.75 Å². The number of nitrogens with zero attached hydrogens (tertiary/aromatic N) is 1. The topological polar surface area (TPSA) is 38.8 Å². The number of hydrogen-bond donors (Lipinski definition) is 0. The molecule has 1 heterocycles. The molecule has 0 aromatic heterocycles. The zero-order valence-corrected chi connectivity index (χ0v) is 12.7. The number of hydrogen-bond acceptors (Lipinski definition) is 3. The Balaban J connectivity index is 2.06. The fraction of sp³-hybridized carbons (Fsp3) is 0.562. The standard InChI is InChI=1S/C16H23NO3/c1-5-19-14-7-6-13-11-17(9-8-12(13)10-14)15(18)20-16(2,3)4/h6-7,10H,5,8-9,11H2,1-4H3. The van der Waals surface area contributed by atoms with E-state index in [0.29, 0.717) is 19.7 Å². The molecule has 0 spiro atoms. The van der Waals surface area contributed by atoms with Gasteiger partial charge < -0.3 is 14.4 Å². The number of carbonyl (C=O) groups is 1. The summed E-state index contributed by atoms with van der Waals surface area (Å²) in [4.78, 5) is 13.8. The van der Waals surface area contributed by atoms with Crippen molar-refractivity contribution in [2.75, 3.05) is 13.2 Å². The smallest absolute Gasteiger partial charge is 0.410 e. The molecule has 0 aliphatic carbocycles. The first-order chi connectivity index (χ1) is 9.39. The molecule has 1 amide bonds. The molecule has 1 aromatic rings. The van der Waals surface area contributed by atoms with Gasteiger partial charge in [0.25, 0.3) is 0 Å². The lowest BCUT2D eigenvalue weighted by Gasteiger charge is -2.31. The maximum Gasteiger partial charge on any atom is 0.410 e. The van der Waals surface area contributed by atoms with Crippen LogP contribution >= 0.6 is 0 Å². The average Bonchev–Trinajstić information content (AvgIpc) is 2.36. The van der Waals surface area contributed by atoms with Crippen molar-refractivity contribution in [2.45, 2.75) is 46.3 Å². The van der Waals surface area contributed by atoms with E-state index in [1.165, 1.54) is 11.1 Å². The molecule has 0 N–H and O–H groups in total. The Labute approximate surface area is 120 Å². The van der Waals surface area contributed by atoms with Crippen molar-refractivity contribution >= 4 is 6.09 Å². The Bertz CT molecular complexity index is 491. The minimum atomic E-state index is -0.448. The maximum atomic E-state index is 12.1. The summed E-state index contributed by atoms with van der Waals surface area (Å²) in [5.74, 6) is 0.900. The van der Waals surface area contributed by atoms with E-state index in [0.717, 1.165) is 12.2 Å². The van der Waals surface area contributed by atoms with Crippen molar-refractivity contribution in [1.82, 2.24) is 4.90 Å². The Morgan fingerprint density at radius 3 is 2.70 bits per heavy atom. The van der Waals surface area contributed by atoms with E-state index in [1.54, 1.807) is 4.90 Å². The van der Waals surface area contributed by atoms with Crippen LogP contribution in [0.1, 0.15) is 38.8 Å². The first-order valence-electron chi connectivity index (χ1n) is 7.11. The van der Waals surface area contributed by atoms with Gasteiger partial charge in [-0.2, -0.15) is 0 Å². The van der Waals surface area contributed by atoms with Crippen LogP contribution in [0.15, 0.2) is 18.2 Å². The monoisotopic (exact) mass is 277 g/mol. The molecule has 1 aliphatic rings. The van der Waals surface area contributed by atoms with E-state index in [2.05, 4.69) is 6.07 Å². The zero-order valence-electron chi connectivity index (χ0n) is 12.7. The summed E-state index contributed by atoms with van der Waals surface area (Å²) in [6, 6.07) is 6.07. The van der Waals surface area contributed by atoms with Crippen LogP contribution in [-0.4, -0.2) is 29.7 Å². The number of fused-ring (bicyclic) bond motifs is 1. The quantitative estimate of drug-likeness (QED) is 0.832. The summed E-state index contributed by atoms with van der Waals surface area (Å²) in [6.07, 6.45) is 0.604. The van der Waals surface area contributed by atoms with Gasteiger partial charge in [0.15, 0.2) is 0 Å². The van der Waals surface area contributed by atoms with Crippen molar-refractivity contribution in [3.05, 3.63) is 29.3 Å². The van der Waals surface area contributed by atoms with Gasteiger partial charge in [0.05, 0.1) is 6.61 Å². The van der Waals surface area contributed by atoms with Crippen LogP contribution in [0.4, 0.5) is 4.79 Å². The number of rotatable bonds is 2. The van der Waals surface area contributed by atoms with Crippen LogP contribution in [0.25, 0.3) is 0 Å². The Hall–Kier alpha value is -1.71. The minimum Gasteiger partial charge on any atom is -0.494 e. The van der Waals surface area contributed by atoms with Gasteiger partial charge in [0.1, 0.15) is 11.4 Å². The third-order valence-electron chi connectivity index (χ3n) is 3.15. The van der Waals surface area contributed by atoms with E-state index < -0.39 is 5.60 Å². The molecule has 2 rings (SSSR count). The lowest BCUT2D eigenvalue weighted by molar-refractivity contribution is 0.0224. The van der Waals surface area contributed by atoms with Crippen LogP contribution < -0.4 is 4.74 Å². The van der Waals surface area contributed by atoms with Crippen LogP contribution in [0.2, 0.25) is 0 Å². The van der Waals surface area contributed by atoms with Crippen LogP contribution in [-0.2, 0) is 17.7 Å². The van der Waals surface area contributed by atoms with Crippen molar-refractivity contribution in [1.29, 1.82) is 0 Å². The summed E-state index contributed by atoms with van der Waals surface area (Å²) < 4.78 is 10.9. The molecule has 0 radical (unpaired) electrons. The SMILES string of the molecule is CCOc1ccc2c(c1)CCN(C(=O)OC(C)(C)C)C2. The minimum absolute atomic E-state index is 0.239. The summed E-state index contributed by atoms with van der Waals surface area (Å²) in [5, 5.41) is 0. The molecule has 0 unspecified atom stereocenters. The van der Waals surface area contributed by atoms with E-state index >= 15 is 0 Å². The molecular formula is C16H23NO3. The molecule has 4 nitrogen and oxygen atoms in total. The molecule has 0 bridgehead atoms. The van der Waals surface area contributed by atoms with Crippen LogP contribution in [0.3, 0.4) is 0 Å². The lowest BCUT2D eigenvalue weighted by Crippen LogP contribution is -2.39. The van der Waals surface area contributed by atoms with Crippen molar-refractivity contribution < 1.29 is 14.3 Å². The third kappa shape index (κ3) is 3.65. The fourth-order valence-electron chi connectivity index (χ4n) is 2.27. The van der Waals surface area contributed by atoms with E-state index in [1.807, 2.05) is 39.8 Å². The molecule has 20 heavy (non-hydrogen) atoms. The molecule has 1 aliphatic heterocycles. The second-order valence-electron chi connectivity index (χ2n) is 6.02. The van der Waals surface area contributed by atoms with Gasteiger partial charge in [0, 0.05) is 13.1 Å². The highest BCUT2D eigenvalue weighted by molar-refractivity contribution is 5.68. The number of ether oxygens (including phenoxy) is 2. The number of benzene rings is 1. The number of carbonyl (C=O) groups excluding carboxylic acids is 1. The van der Waals surface area contributed by atoms with Crippen molar-refractivity contribution in [2.24, 2.45) is 0 Å². The van der Waals surface area contributed by atoms with Gasteiger partial charge >= 0.3 is 6.09 Å². The second-order valence-corrected chi connectivity index (χ2v) is 6.02. The molecule has 0 fully saturated rings. The van der Waals surface area contributed by atoms with E-state index in [-0.39, 0.29) is 6.09 Å². The molecule has 0 atom stereocenters. The van der Waals surface area contributed by atoms with Gasteiger partial charge in [-0.15, -0.1) is 0 Å². The van der Waals surface area contributed by atoms with Crippen LogP contribution in [0.5, 0.6) is 5.75 Å². The third-order valence-corrected chi connectivity index (χ3v) is 3.15. The molecule has 110 valence electrons. The summed E-state index contributed by atoms with van der Waals surface area (Å²) in [7, 11) is 0. The van der Waals surface area contributed by atoms with Crippen molar-refractivity contribution in [3.63, 3.8) is 0 Å². The molecule has 1 aromatic carbocycles. The average molecular weight is 277 g/mol. The van der Waals surface area contributed by atoms with Gasteiger partial charge in [-0.25, -0.2) is 4.79 Å². The number of amides is 1. The Kier molecular flexibility index (Phi) is 4.21. The van der Waals surface area contributed by atoms with E-state index in [9.17, 15) is 4.79 Å². The summed E-state index contributed by atoms with van der Waals surface area (Å²) in [5.41, 5.74) is 1.98. The molecule has 4 heteroatoms. The normalized spacial score (nSPS) is 14.7. The Morgan fingerprint density at radius 1 is 1.30 bits per heavy atom. The summed E-state index contributed by atoms with van der Waals surface area (Å²) in [6.45, 7) is 9.60. The highest BCUT2D eigenvalue weighted by Crippen LogP contribution is 2.25. The lowest BCUT2D eigenvalue weighted by atomic mass is 10.00. The summed E-state index contributed by atoms with van der Waals surface area (Å²) >= 11 is 0. The maximum absolute atomic E-state index is 12.1. The molecule has 0 saturated heterocycles. The second kappa shape index (κ2) is 5.73. The van der Waals surface area contributed by atoms with Gasteiger partial charge in [-0.1, -0.05) is 6.07 Å². The molecule has 0 saturated carbocycles. The highest BCUT2D eigenvalue weighted by atomic mass is 16.6. The zero-order chi connectivity index (χ0) is 14.8. The first-order valence-corrected chi connectivity index (χ1v) is 7.11. The van der Waals surface area contributed by atoms with Gasteiger partial charge in [-0.3, -0.25) is 0 Å². The largest absolute Gasteiger partial charge is 0.494 e. The predicted molar refractivity (Wildman–Crippen MR) is 78.0 cm³/mol. The predicted octanol–water partition coefficient (Wildman–Crippen LogP) is 3.38. The Morgan fingerprint density at radius 2 is 2.05 bits per heavy atom. The molecular weight excluding hydrogens is 254 g/mol. The van der Waals surface area contributed by atoms with Gasteiger partial charge in [0.2, 0.25) is 0 Å². The first kappa shape index (κ1) is 14.7. The highest BCUT2D eigenvalue weighted by Gasteiger charge is 2.25. The van der Waals surface area contributed by atoms with Crippen LogP contribution in [0, 0.1) is 0 Å².